The number of nitrogens with one attached hydrogen (secondary N) is 1. The summed E-state index contributed by atoms with van der Waals surface area (Å²) >= 11 is 0. The van der Waals surface area contributed by atoms with Crippen LogP contribution in [0.25, 0.3) is 0 Å². The van der Waals surface area contributed by atoms with Crippen LogP contribution in [0, 0.1) is 0 Å². The zero-order valence-electron chi connectivity index (χ0n) is 6.96. The summed E-state index contributed by atoms with van der Waals surface area (Å²) in [5.74, 6) is 0. The molecule has 0 heterocycles. The van der Waals surface area contributed by atoms with Crippen LogP contribution in [0.3, 0.4) is 0 Å². The molecule has 0 aromatic heterocycles. The predicted molar refractivity (Wildman–Crippen MR) is 41.3 cm³/mol. The van der Waals surface area contributed by atoms with Crippen molar-refractivity contribution < 1.29 is 14.6 Å². The topological polar surface area (TPSA) is 58.6 Å². The third-order valence-electron chi connectivity index (χ3n) is 1.11. The van der Waals surface area contributed by atoms with Crippen molar-refractivity contribution in [1.29, 1.82) is 0 Å². The highest BCUT2D eigenvalue weighted by atomic mass is 16.5. The Morgan fingerprint density at radius 1 is 1.73 bits per heavy atom. The van der Waals surface area contributed by atoms with E-state index in [-0.39, 0.29) is 6.10 Å². The Labute approximate surface area is 66.5 Å². The van der Waals surface area contributed by atoms with Gasteiger partial charge in [0, 0.05) is 6.54 Å². The van der Waals surface area contributed by atoms with Gasteiger partial charge < -0.3 is 15.2 Å². The first-order chi connectivity index (χ1) is 5.16. The van der Waals surface area contributed by atoms with E-state index >= 15 is 0 Å². The molecule has 1 unspecified atom stereocenters. The van der Waals surface area contributed by atoms with Crippen LogP contribution < -0.4 is 5.32 Å². The van der Waals surface area contributed by atoms with Gasteiger partial charge in [-0.1, -0.05) is 0 Å². The average Bonchev–Trinajstić information content (AvgIpc) is 1.87. The molecular formula is C7H15NO3. The summed E-state index contributed by atoms with van der Waals surface area (Å²) in [6, 6.07) is 0. The van der Waals surface area contributed by atoms with Gasteiger partial charge >= 0.3 is 6.09 Å². The van der Waals surface area contributed by atoms with E-state index in [1.165, 1.54) is 0 Å². The second-order valence-electron chi connectivity index (χ2n) is 2.28. The molecule has 0 rings (SSSR count). The summed E-state index contributed by atoms with van der Waals surface area (Å²) in [6.07, 6.45) is -0.246. The molecule has 0 aliphatic carbocycles. The fraction of sp³-hybridized carbons (Fsp3) is 0.857. The van der Waals surface area contributed by atoms with Gasteiger partial charge in [0.25, 0.3) is 0 Å². The second kappa shape index (κ2) is 5.97. The minimum atomic E-state index is -0.423. The van der Waals surface area contributed by atoms with Crippen molar-refractivity contribution in [2.45, 2.75) is 26.4 Å². The summed E-state index contributed by atoms with van der Waals surface area (Å²) in [7, 11) is 0. The number of aliphatic hydroxyl groups is 1. The molecule has 66 valence electrons. The van der Waals surface area contributed by atoms with Crippen molar-refractivity contribution in [3.8, 4) is 0 Å². The van der Waals surface area contributed by atoms with Crippen molar-refractivity contribution >= 4 is 6.09 Å². The van der Waals surface area contributed by atoms with E-state index in [2.05, 4.69) is 10.1 Å². The van der Waals surface area contributed by atoms with Crippen LogP contribution in [0.4, 0.5) is 4.79 Å². The van der Waals surface area contributed by atoms with E-state index in [1.807, 2.05) is 0 Å². The maximum absolute atomic E-state index is 10.6. The van der Waals surface area contributed by atoms with Crippen LogP contribution in [0.2, 0.25) is 0 Å². The zero-order valence-corrected chi connectivity index (χ0v) is 6.96. The monoisotopic (exact) mass is 161 g/mol. The molecule has 0 spiro atoms. The lowest BCUT2D eigenvalue weighted by Crippen LogP contribution is -2.27. The maximum Gasteiger partial charge on any atom is 0.407 e. The minimum absolute atomic E-state index is 0.376. The number of amides is 1. The Morgan fingerprint density at radius 2 is 2.36 bits per heavy atom. The molecule has 4 nitrogen and oxygen atoms in total. The summed E-state index contributed by atoms with van der Waals surface area (Å²) in [5.41, 5.74) is 0. The summed E-state index contributed by atoms with van der Waals surface area (Å²) < 4.78 is 4.59. The van der Waals surface area contributed by atoms with E-state index in [1.54, 1.807) is 13.8 Å². The Hall–Kier alpha value is -0.770. The van der Waals surface area contributed by atoms with E-state index in [0.717, 1.165) is 0 Å². The molecule has 0 saturated heterocycles. The Kier molecular flexibility index (Phi) is 5.56. The number of carbonyl (C=O) groups is 1. The third kappa shape index (κ3) is 7.12. The number of hydrogen-bond acceptors (Lipinski definition) is 3. The standard InChI is InChI=1S/C7H15NO3/c1-3-11-7(10)8-5-4-6(2)9/h6,9H,3-5H2,1-2H3,(H,8,10). The van der Waals surface area contributed by atoms with Gasteiger partial charge in [0.2, 0.25) is 0 Å². The molecule has 1 atom stereocenters. The van der Waals surface area contributed by atoms with E-state index in [9.17, 15) is 4.79 Å². The number of carbonyl (C=O) groups excluding carboxylic acids is 1. The van der Waals surface area contributed by atoms with Gasteiger partial charge in [0.15, 0.2) is 0 Å². The van der Waals surface area contributed by atoms with Crippen molar-refractivity contribution in [2.24, 2.45) is 0 Å². The van der Waals surface area contributed by atoms with Crippen molar-refractivity contribution in [2.75, 3.05) is 13.2 Å². The fourth-order valence-electron chi connectivity index (χ4n) is 0.565. The molecule has 0 fully saturated rings. The minimum Gasteiger partial charge on any atom is -0.450 e. The Morgan fingerprint density at radius 3 is 2.82 bits per heavy atom. The van der Waals surface area contributed by atoms with Gasteiger partial charge in [-0.3, -0.25) is 0 Å². The van der Waals surface area contributed by atoms with Gasteiger partial charge in [0.1, 0.15) is 0 Å². The van der Waals surface area contributed by atoms with Gasteiger partial charge in [-0.15, -0.1) is 0 Å². The molecule has 11 heavy (non-hydrogen) atoms. The molecule has 1 amide bonds. The van der Waals surface area contributed by atoms with E-state index in [4.69, 9.17) is 5.11 Å². The van der Waals surface area contributed by atoms with E-state index in [0.29, 0.717) is 19.6 Å². The Bertz CT molecular complexity index is 114. The predicted octanol–water partition coefficient (Wildman–Crippen LogP) is 0.503. The van der Waals surface area contributed by atoms with Crippen molar-refractivity contribution in [3.63, 3.8) is 0 Å². The highest BCUT2D eigenvalue weighted by molar-refractivity contribution is 5.66. The zero-order chi connectivity index (χ0) is 8.69. The highest BCUT2D eigenvalue weighted by Crippen LogP contribution is 1.86. The molecule has 0 aliphatic rings. The molecule has 0 saturated carbocycles. The van der Waals surface area contributed by atoms with Crippen LogP contribution in [0.15, 0.2) is 0 Å². The van der Waals surface area contributed by atoms with Crippen LogP contribution in [-0.4, -0.2) is 30.5 Å². The summed E-state index contributed by atoms with van der Waals surface area (Å²) in [4.78, 5) is 10.6. The van der Waals surface area contributed by atoms with Crippen LogP contribution >= 0.6 is 0 Å². The molecule has 0 aliphatic heterocycles. The highest BCUT2D eigenvalue weighted by Gasteiger charge is 1.99. The Balaban J connectivity index is 3.17. The van der Waals surface area contributed by atoms with Gasteiger partial charge in [-0.05, 0) is 20.3 Å². The SMILES string of the molecule is CCOC(=O)NCCC(C)O. The lowest BCUT2D eigenvalue weighted by molar-refractivity contribution is 0.147. The largest absolute Gasteiger partial charge is 0.450 e. The second-order valence-corrected chi connectivity index (χ2v) is 2.28. The van der Waals surface area contributed by atoms with E-state index < -0.39 is 6.09 Å². The molecular weight excluding hydrogens is 146 g/mol. The van der Waals surface area contributed by atoms with Crippen LogP contribution in [-0.2, 0) is 4.74 Å². The van der Waals surface area contributed by atoms with Crippen LogP contribution in [0.5, 0.6) is 0 Å². The first-order valence-electron chi connectivity index (χ1n) is 3.75. The quantitative estimate of drug-likeness (QED) is 0.631. The summed E-state index contributed by atoms with van der Waals surface area (Å²) in [5, 5.41) is 11.3. The number of aliphatic hydroxyl groups excluding tert-OH is 1. The lowest BCUT2D eigenvalue weighted by atomic mass is 10.3. The molecule has 4 heteroatoms. The van der Waals surface area contributed by atoms with Crippen molar-refractivity contribution in [1.82, 2.24) is 5.32 Å². The van der Waals surface area contributed by atoms with Crippen molar-refractivity contribution in [3.05, 3.63) is 0 Å². The van der Waals surface area contributed by atoms with Gasteiger partial charge in [-0.25, -0.2) is 4.79 Å². The summed E-state index contributed by atoms with van der Waals surface area (Å²) in [6.45, 7) is 4.25. The molecule has 0 aromatic rings. The number of hydrogen-bond donors (Lipinski definition) is 2. The number of alkyl carbamates (subject to hydrolysis) is 1. The molecule has 0 radical (unpaired) electrons. The average molecular weight is 161 g/mol. The molecule has 0 aromatic carbocycles. The lowest BCUT2D eigenvalue weighted by Gasteiger charge is -2.05. The normalized spacial score (nSPS) is 12.3. The fourth-order valence-corrected chi connectivity index (χ4v) is 0.565. The molecule has 2 N–H and O–H groups in total. The van der Waals surface area contributed by atoms with Gasteiger partial charge in [-0.2, -0.15) is 0 Å². The number of ether oxygens (including phenoxy) is 1. The van der Waals surface area contributed by atoms with Crippen LogP contribution in [0.1, 0.15) is 20.3 Å². The smallest absolute Gasteiger partial charge is 0.407 e. The first kappa shape index (κ1) is 10.2. The number of rotatable bonds is 4. The molecule has 0 bridgehead atoms. The van der Waals surface area contributed by atoms with Gasteiger partial charge in [0.05, 0.1) is 12.7 Å². The maximum atomic E-state index is 10.6. The third-order valence-corrected chi connectivity index (χ3v) is 1.11. The first-order valence-corrected chi connectivity index (χ1v) is 3.75.